The molecule has 2 amide bonds. The molecule has 6 heteroatoms. The van der Waals surface area contributed by atoms with E-state index in [-0.39, 0.29) is 24.8 Å². The van der Waals surface area contributed by atoms with Crippen LogP contribution in [0.25, 0.3) is 0 Å². The predicted molar refractivity (Wildman–Crippen MR) is 127 cm³/mol. The lowest BCUT2D eigenvalue weighted by molar-refractivity contribution is -0.120. The van der Waals surface area contributed by atoms with Crippen molar-refractivity contribution in [3.8, 4) is 5.75 Å². The minimum absolute atomic E-state index is 0.0975. The van der Waals surface area contributed by atoms with Crippen LogP contribution in [-0.4, -0.2) is 30.7 Å². The standard InChI is InChI=1S/C26H25N3O3/c1-3-32-21-14-12-20(13-15-21)27-25(30)17-29-24-7-5-4-6-22(24)28-23(16-26(29)31)19-10-8-18(2)9-11-19/h4-15H,3,16-17H2,1-2H3,(H,27,30). The molecule has 0 aromatic heterocycles. The molecule has 0 fully saturated rings. The van der Waals surface area contributed by atoms with E-state index in [0.29, 0.717) is 29.4 Å². The summed E-state index contributed by atoms with van der Waals surface area (Å²) < 4.78 is 5.43. The number of carbonyl (C=O) groups is 2. The number of nitrogens with zero attached hydrogens (tertiary/aromatic N) is 2. The first-order valence-corrected chi connectivity index (χ1v) is 10.6. The number of aryl methyl sites for hydroxylation is 1. The third kappa shape index (κ3) is 4.86. The zero-order valence-electron chi connectivity index (χ0n) is 18.2. The summed E-state index contributed by atoms with van der Waals surface area (Å²) in [5.41, 5.74) is 4.67. The fraction of sp³-hybridized carbons (Fsp3) is 0.192. The second-order valence-corrected chi connectivity index (χ2v) is 7.58. The third-order valence-corrected chi connectivity index (χ3v) is 5.18. The van der Waals surface area contributed by atoms with Crippen molar-refractivity contribution in [2.45, 2.75) is 20.3 Å². The Bertz CT molecular complexity index is 1150. The molecule has 0 bridgehead atoms. The summed E-state index contributed by atoms with van der Waals surface area (Å²) in [5.74, 6) is 0.287. The van der Waals surface area contributed by atoms with Crippen LogP contribution < -0.4 is 15.0 Å². The minimum atomic E-state index is -0.281. The first kappa shape index (κ1) is 21.3. The van der Waals surface area contributed by atoms with Crippen LogP contribution in [0.15, 0.2) is 77.8 Å². The SMILES string of the molecule is CCOc1ccc(NC(=O)CN2C(=O)CC(c3ccc(C)cc3)=Nc3ccccc32)cc1. The zero-order chi connectivity index (χ0) is 22.5. The molecular formula is C26H25N3O3. The molecule has 0 saturated carbocycles. The molecule has 0 unspecified atom stereocenters. The van der Waals surface area contributed by atoms with Crippen molar-refractivity contribution in [1.82, 2.24) is 0 Å². The monoisotopic (exact) mass is 427 g/mol. The number of rotatable bonds is 6. The highest BCUT2D eigenvalue weighted by Crippen LogP contribution is 2.33. The maximum Gasteiger partial charge on any atom is 0.244 e. The van der Waals surface area contributed by atoms with E-state index in [9.17, 15) is 9.59 Å². The molecule has 3 aromatic rings. The van der Waals surface area contributed by atoms with Gasteiger partial charge in [0.25, 0.3) is 0 Å². The highest BCUT2D eigenvalue weighted by atomic mass is 16.5. The van der Waals surface area contributed by atoms with Gasteiger partial charge in [0, 0.05) is 5.69 Å². The number of hydrogen-bond acceptors (Lipinski definition) is 4. The summed E-state index contributed by atoms with van der Waals surface area (Å²) in [6.45, 7) is 4.41. The first-order valence-electron chi connectivity index (χ1n) is 10.6. The van der Waals surface area contributed by atoms with E-state index >= 15 is 0 Å². The fourth-order valence-electron chi connectivity index (χ4n) is 3.58. The Balaban J connectivity index is 1.54. The number of aliphatic imine (C=N–C) groups is 1. The van der Waals surface area contributed by atoms with E-state index in [0.717, 1.165) is 16.9 Å². The molecule has 6 nitrogen and oxygen atoms in total. The zero-order valence-corrected chi connectivity index (χ0v) is 18.2. The number of amides is 2. The molecule has 0 atom stereocenters. The van der Waals surface area contributed by atoms with Crippen molar-refractivity contribution < 1.29 is 14.3 Å². The number of ether oxygens (including phenoxy) is 1. The van der Waals surface area contributed by atoms with Gasteiger partial charge in [-0.05, 0) is 55.8 Å². The number of carbonyl (C=O) groups excluding carboxylic acids is 2. The Kier molecular flexibility index (Phi) is 6.31. The molecule has 0 radical (unpaired) electrons. The number of benzene rings is 3. The smallest absolute Gasteiger partial charge is 0.244 e. The van der Waals surface area contributed by atoms with Crippen LogP contribution in [0.2, 0.25) is 0 Å². The summed E-state index contributed by atoms with van der Waals surface area (Å²) in [7, 11) is 0. The van der Waals surface area contributed by atoms with Crippen LogP contribution in [0, 0.1) is 6.92 Å². The van der Waals surface area contributed by atoms with E-state index in [4.69, 9.17) is 9.73 Å². The second kappa shape index (κ2) is 9.47. The van der Waals surface area contributed by atoms with Gasteiger partial charge in [-0.3, -0.25) is 14.6 Å². The molecule has 1 aliphatic rings. The number of fused-ring (bicyclic) bond motifs is 1. The van der Waals surface area contributed by atoms with Gasteiger partial charge in [-0.2, -0.15) is 0 Å². The van der Waals surface area contributed by atoms with E-state index in [1.807, 2.05) is 62.4 Å². The van der Waals surface area contributed by atoms with E-state index < -0.39 is 0 Å². The molecule has 4 rings (SSSR count). The topological polar surface area (TPSA) is 71.0 Å². The van der Waals surface area contributed by atoms with Crippen LogP contribution in [0.3, 0.4) is 0 Å². The Morgan fingerprint density at radius 1 is 1.03 bits per heavy atom. The van der Waals surface area contributed by atoms with Crippen LogP contribution in [0.4, 0.5) is 17.1 Å². The van der Waals surface area contributed by atoms with E-state index in [1.54, 1.807) is 24.3 Å². The normalized spacial score (nSPS) is 13.1. The van der Waals surface area contributed by atoms with Crippen LogP contribution in [0.1, 0.15) is 24.5 Å². The Morgan fingerprint density at radius 2 is 1.75 bits per heavy atom. The van der Waals surface area contributed by atoms with Crippen molar-refractivity contribution >= 4 is 34.6 Å². The summed E-state index contributed by atoms with van der Waals surface area (Å²) in [5, 5.41) is 2.85. The molecule has 0 aliphatic carbocycles. The van der Waals surface area contributed by atoms with Gasteiger partial charge >= 0.3 is 0 Å². The highest BCUT2D eigenvalue weighted by Gasteiger charge is 2.26. The van der Waals surface area contributed by atoms with Gasteiger partial charge in [0.2, 0.25) is 11.8 Å². The lowest BCUT2D eigenvalue weighted by Gasteiger charge is -2.22. The van der Waals surface area contributed by atoms with Crippen molar-refractivity contribution in [3.05, 3.63) is 83.9 Å². The Morgan fingerprint density at radius 3 is 2.47 bits per heavy atom. The van der Waals surface area contributed by atoms with Gasteiger partial charge < -0.3 is 15.0 Å². The van der Waals surface area contributed by atoms with Gasteiger partial charge in [0.05, 0.1) is 30.1 Å². The van der Waals surface area contributed by atoms with Crippen LogP contribution in [0.5, 0.6) is 5.75 Å². The van der Waals surface area contributed by atoms with Crippen molar-refractivity contribution in [1.29, 1.82) is 0 Å². The average Bonchev–Trinajstić information content (AvgIpc) is 2.92. The van der Waals surface area contributed by atoms with Crippen LogP contribution in [-0.2, 0) is 9.59 Å². The van der Waals surface area contributed by atoms with E-state index in [2.05, 4.69) is 5.32 Å². The lowest BCUT2D eigenvalue weighted by Crippen LogP contribution is -2.38. The van der Waals surface area contributed by atoms with Crippen LogP contribution >= 0.6 is 0 Å². The second-order valence-electron chi connectivity index (χ2n) is 7.58. The number of anilines is 2. The maximum atomic E-state index is 13.2. The highest BCUT2D eigenvalue weighted by molar-refractivity contribution is 6.19. The summed E-state index contributed by atoms with van der Waals surface area (Å²) in [6, 6.07) is 22.5. The average molecular weight is 428 g/mol. The molecule has 162 valence electrons. The predicted octanol–water partition coefficient (Wildman–Crippen LogP) is 4.89. The quantitative estimate of drug-likeness (QED) is 0.609. The Labute approximate surface area is 187 Å². The van der Waals surface area contributed by atoms with Gasteiger partial charge in [-0.15, -0.1) is 0 Å². The van der Waals surface area contributed by atoms with Crippen molar-refractivity contribution in [2.24, 2.45) is 4.99 Å². The molecule has 1 aliphatic heterocycles. The van der Waals surface area contributed by atoms with Gasteiger partial charge in [-0.1, -0.05) is 42.0 Å². The number of para-hydroxylation sites is 2. The summed E-state index contributed by atoms with van der Waals surface area (Å²) in [6.07, 6.45) is 0.119. The van der Waals surface area contributed by atoms with E-state index in [1.165, 1.54) is 4.90 Å². The number of nitrogens with one attached hydrogen (secondary N) is 1. The van der Waals surface area contributed by atoms with Crippen molar-refractivity contribution in [2.75, 3.05) is 23.4 Å². The van der Waals surface area contributed by atoms with Gasteiger partial charge in [0.15, 0.2) is 0 Å². The maximum absolute atomic E-state index is 13.2. The van der Waals surface area contributed by atoms with Gasteiger partial charge in [-0.25, -0.2) is 0 Å². The summed E-state index contributed by atoms with van der Waals surface area (Å²) in [4.78, 5) is 32.2. The number of hydrogen-bond donors (Lipinski definition) is 1. The van der Waals surface area contributed by atoms with Gasteiger partial charge in [0.1, 0.15) is 12.3 Å². The summed E-state index contributed by atoms with van der Waals surface area (Å²) >= 11 is 0. The third-order valence-electron chi connectivity index (χ3n) is 5.18. The minimum Gasteiger partial charge on any atom is -0.494 e. The lowest BCUT2D eigenvalue weighted by atomic mass is 10.1. The molecule has 0 spiro atoms. The molecule has 1 N–H and O–H groups in total. The molecule has 3 aromatic carbocycles. The molecule has 0 saturated heterocycles. The fourth-order valence-corrected chi connectivity index (χ4v) is 3.58. The molecular weight excluding hydrogens is 402 g/mol. The largest absolute Gasteiger partial charge is 0.494 e. The van der Waals surface area contributed by atoms with Crippen molar-refractivity contribution in [3.63, 3.8) is 0 Å². The Hall–Kier alpha value is -3.93. The molecule has 1 heterocycles. The first-order chi connectivity index (χ1) is 15.5. The molecule has 32 heavy (non-hydrogen) atoms.